The van der Waals surface area contributed by atoms with Crippen LogP contribution in [0.3, 0.4) is 0 Å². The third-order valence-corrected chi connectivity index (χ3v) is 10.1. The van der Waals surface area contributed by atoms with E-state index in [0.717, 1.165) is 50.6 Å². The fourth-order valence-corrected chi connectivity index (χ4v) is 7.89. The Morgan fingerprint density at radius 1 is 1.15 bits per heavy atom. The van der Waals surface area contributed by atoms with Gasteiger partial charge in [-0.25, -0.2) is 4.98 Å². The van der Waals surface area contributed by atoms with Crippen molar-refractivity contribution in [2.75, 3.05) is 38.8 Å². The number of rotatable bonds is 7. The molecule has 2 aliphatic carbocycles. The summed E-state index contributed by atoms with van der Waals surface area (Å²) in [5.41, 5.74) is 23.1. The summed E-state index contributed by atoms with van der Waals surface area (Å²) in [4.78, 5) is 26.8. The fraction of sp³-hybridized carbons (Fsp3) is 0.517. The van der Waals surface area contributed by atoms with Gasteiger partial charge in [-0.2, -0.15) is 10.1 Å². The molecule has 0 radical (unpaired) electrons. The van der Waals surface area contributed by atoms with Crippen LogP contribution in [0.2, 0.25) is 0 Å². The van der Waals surface area contributed by atoms with Gasteiger partial charge in [0.05, 0.1) is 17.5 Å². The average Bonchev–Trinajstić information content (AvgIpc) is 3.65. The standard InChI is InChI=1S/C29H38N8O3S/c1-36-14-17(39-3)12-16(36)15-40-22-13-20(19-8-11-37(2)35-19)33-28(34-22)25(38)18-6-4-9-29(26(18)31)10-5-7-21-23(29)24(30)27(32)41-21/h8,11,13,16-17H,4-7,9-10,12,14-15,30-32H2,1-3H3/t16-,17+,29-/m0/s1. The first kappa shape index (κ1) is 27.7. The van der Waals surface area contributed by atoms with Crippen LogP contribution in [0.15, 0.2) is 29.6 Å². The zero-order valence-electron chi connectivity index (χ0n) is 23.9. The third kappa shape index (κ3) is 4.87. The lowest BCUT2D eigenvalue weighted by Gasteiger charge is -2.42. The summed E-state index contributed by atoms with van der Waals surface area (Å²) < 4.78 is 13.4. The highest BCUT2D eigenvalue weighted by Gasteiger charge is 2.46. The molecular weight excluding hydrogens is 540 g/mol. The van der Waals surface area contributed by atoms with Gasteiger partial charge in [0, 0.05) is 66.1 Å². The number of aryl methyl sites for hydroxylation is 2. The van der Waals surface area contributed by atoms with Crippen molar-refractivity contribution in [2.24, 2.45) is 12.8 Å². The first-order valence-corrected chi connectivity index (χ1v) is 15.0. The Morgan fingerprint density at radius 2 is 1.93 bits per heavy atom. The number of fused-ring (bicyclic) bond motifs is 2. The van der Waals surface area contributed by atoms with Crippen molar-refractivity contribution in [3.8, 4) is 17.3 Å². The predicted molar refractivity (Wildman–Crippen MR) is 159 cm³/mol. The minimum absolute atomic E-state index is 0.0570. The van der Waals surface area contributed by atoms with Crippen molar-refractivity contribution < 1.29 is 14.3 Å². The molecule has 1 aliphatic heterocycles. The Hall–Kier alpha value is -3.48. The van der Waals surface area contributed by atoms with E-state index in [9.17, 15) is 4.79 Å². The maximum atomic E-state index is 14.2. The molecule has 4 heterocycles. The number of ketones is 1. The number of allylic oxidation sites excluding steroid dienone is 2. The number of ether oxygens (including phenoxy) is 2. The SMILES string of the molecule is CO[C@@H]1C[C@@H](COc2cc(-c3ccn(C)n3)nc(C(=O)C3=C(N)[C@@]4(CCC3)CCCc3sc(N)c(N)c34)n2)N(C)C1. The number of thiophene rings is 1. The summed E-state index contributed by atoms with van der Waals surface area (Å²) in [5, 5.41) is 5.12. The van der Waals surface area contributed by atoms with Crippen molar-refractivity contribution in [1.29, 1.82) is 0 Å². The molecule has 3 aliphatic rings. The first-order chi connectivity index (χ1) is 19.7. The Bertz CT molecular complexity index is 1510. The van der Waals surface area contributed by atoms with Crippen LogP contribution in [-0.2, 0) is 23.6 Å². The molecule has 1 fully saturated rings. The Kier molecular flexibility index (Phi) is 7.25. The number of likely N-dealkylation sites (tertiary alicyclic amines) is 1. The maximum absolute atomic E-state index is 14.2. The van der Waals surface area contributed by atoms with Crippen LogP contribution in [0.5, 0.6) is 5.88 Å². The van der Waals surface area contributed by atoms with Gasteiger partial charge in [0.25, 0.3) is 0 Å². The molecule has 12 heteroatoms. The smallest absolute Gasteiger partial charge is 0.228 e. The van der Waals surface area contributed by atoms with E-state index < -0.39 is 5.41 Å². The summed E-state index contributed by atoms with van der Waals surface area (Å²) in [7, 11) is 5.62. The summed E-state index contributed by atoms with van der Waals surface area (Å²) >= 11 is 1.54. The number of nitrogens with two attached hydrogens (primary N) is 3. The van der Waals surface area contributed by atoms with E-state index in [1.165, 1.54) is 4.88 Å². The third-order valence-electron chi connectivity index (χ3n) is 8.97. The molecule has 0 amide bonds. The number of hydrogen-bond acceptors (Lipinski definition) is 11. The maximum Gasteiger partial charge on any atom is 0.228 e. The molecule has 0 unspecified atom stereocenters. The van der Waals surface area contributed by atoms with Crippen LogP contribution in [-0.4, -0.2) is 69.9 Å². The van der Waals surface area contributed by atoms with Gasteiger partial charge in [-0.15, -0.1) is 11.3 Å². The molecule has 0 aromatic carbocycles. The van der Waals surface area contributed by atoms with E-state index in [4.69, 9.17) is 26.7 Å². The normalized spacial score (nSPS) is 24.7. The van der Waals surface area contributed by atoms with Crippen LogP contribution in [0.4, 0.5) is 10.7 Å². The summed E-state index contributed by atoms with van der Waals surface area (Å²) in [6.07, 6.45) is 7.80. The quantitative estimate of drug-likeness (QED) is 0.356. The Balaban J connectivity index is 1.36. The number of aromatic nitrogens is 4. The highest BCUT2D eigenvalue weighted by atomic mass is 32.1. The van der Waals surface area contributed by atoms with Crippen molar-refractivity contribution in [2.45, 2.75) is 62.5 Å². The van der Waals surface area contributed by atoms with Gasteiger partial charge < -0.3 is 26.7 Å². The number of carbonyl (C=O) groups excluding carboxylic acids is 1. The lowest BCUT2D eigenvalue weighted by molar-refractivity contribution is 0.101. The highest BCUT2D eigenvalue weighted by molar-refractivity contribution is 7.16. The molecule has 1 spiro atoms. The molecule has 6 rings (SSSR count). The van der Waals surface area contributed by atoms with Gasteiger partial charge in [-0.1, -0.05) is 0 Å². The number of Topliss-reactive ketones (excluding diaryl/α,β-unsaturated/α-hetero) is 1. The van der Waals surface area contributed by atoms with Gasteiger partial charge in [0.2, 0.25) is 17.5 Å². The van der Waals surface area contributed by atoms with Crippen LogP contribution in [0.25, 0.3) is 11.4 Å². The van der Waals surface area contributed by atoms with Crippen LogP contribution >= 0.6 is 11.3 Å². The monoisotopic (exact) mass is 578 g/mol. The molecule has 3 aromatic rings. The van der Waals surface area contributed by atoms with E-state index in [0.29, 0.717) is 52.3 Å². The van der Waals surface area contributed by atoms with Gasteiger partial charge in [-0.3, -0.25) is 14.4 Å². The molecule has 1 saturated heterocycles. The molecule has 218 valence electrons. The molecule has 3 atom stereocenters. The zero-order valence-corrected chi connectivity index (χ0v) is 24.7. The number of nitrogen functional groups attached to an aromatic ring is 2. The minimum Gasteiger partial charge on any atom is -0.476 e. The Morgan fingerprint density at radius 3 is 2.63 bits per heavy atom. The molecular formula is C29H38N8O3S. The summed E-state index contributed by atoms with van der Waals surface area (Å²) in [6, 6.07) is 3.77. The van der Waals surface area contributed by atoms with E-state index in [-0.39, 0.29) is 23.8 Å². The van der Waals surface area contributed by atoms with Gasteiger partial charge in [-0.05, 0) is 58.1 Å². The molecule has 3 aromatic heterocycles. The van der Waals surface area contributed by atoms with Gasteiger partial charge in [0.15, 0.2) is 0 Å². The number of hydrogen-bond donors (Lipinski definition) is 3. The van der Waals surface area contributed by atoms with Crippen LogP contribution in [0, 0.1) is 0 Å². The Labute approximate surface area is 243 Å². The molecule has 11 nitrogen and oxygen atoms in total. The van der Waals surface area contributed by atoms with Crippen molar-refractivity contribution >= 4 is 27.8 Å². The summed E-state index contributed by atoms with van der Waals surface area (Å²) in [5.74, 6) is 0.106. The molecule has 0 bridgehead atoms. The van der Waals surface area contributed by atoms with Crippen molar-refractivity contribution in [1.82, 2.24) is 24.6 Å². The fourth-order valence-electron chi connectivity index (χ4n) is 6.76. The highest BCUT2D eigenvalue weighted by Crippen LogP contribution is 2.54. The number of carbonyl (C=O) groups is 1. The van der Waals surface area contributed by atoms with Crippen molar-refractivity contribution in [3.05, 3.63) is 45.9 Å². The number of likely N-dealkylation sites (N-methyl/N-ethyl adjacent to an activating group) is 1. The predicted octanol–water partition coefficient (Wildman–Crippen LogP) is 3.05. The number of methoxy groups -OCH3 is 1. The second kappa shape index (κ2) is 10.7. The largest absolute Gasteiger partial charge is 0.476 e. The number of anilines is 2. The van der Waals surface area contributed by atoms with E-state index in [1.54, 1.807) is 29.2 Å². The topological polar surface area (TPSA) is 160 Å². The minimum atomic E-state index is -0.488. The first-order valence-electron chi connectivity index (χ1n) is 14.2. The molecule has 6 N–H and O–H groups in total. The van der Waals surface area contributed by atoms with Gasteiger partial charge >= 0.3 is 0 Å². The van der Waals surface area contributed by atoms with E-state index >= 15 is 0 Å². The van der Waals surface area contributed by atoms with Crippen LogP contribution in [0.1, 0.15) is 59.6 Å². The average molecular weight is 579 g/mol. The molecule has 41 heavy (non-hydrogen) atoms. The van der Waals surface area contributed by atoms with Crippen LogP contribution < -0.4 is 21.9 Å². The van der Waals surface area contributed by atoms with Crippen molar-refractivity contribution in [3.63, 3.8) is 0 Å². The van der Waals surface area contributed by atoms with Gasteiger partial charge in [0.1, 0.15) is 17.3 Å². The second-order valence-corrected chi connectivity index (χ2v) is 12.6. The number of nitrogens with zero attached hydrogens (tertiary/aromatic N) is 5. The summed E-state index contributed by atoms with van der Waals surface area (Å²) in [6.45, 7) is 1.26. The lowest BCUT2D eigenvalue weighted by atomic mass is 9.63. The lowest BCUT2D eigenvalue weighted by Crippen LogP contribution is -2.40. The molecule has 0 saturated carbocycles. The van der Waals surface area contributed by atoms with E-state index in [1.807, 2.05) is 19.3 Å². The van der Waals surface area contributed by atoms with E-state index in [2.05, 4.69) is 27.0 Å². The zero-order chi connectivity index (χ0) is 28.9. The second-order valence-electron chi connectivity index (χ2n) is 11.5.